The van der Waals surface area contributed by atoms with Crippen molar-refractivity contribution >= 4 is 14.3 Å². The van der Waals surface area contributed by atoms with E-state index in [0.29, 0.717) is 34.5 Å². The fourth-order valence-electron chi connectivity index (χ4n) is 3.88. The van der Waals surface area contributed by atoms with Crippen molar-refractivity contribution < 1.29 is 19.1 Å². The molecule has 0 amide bonds. The van der Waals surface area contributed by atoms with Crippen LogP contribution in [0, 0.1) is 0 Å². The van der Waals surface area contributed by atoms with Gasteiger partial charge in [0.05, 0.1) is 12.7 Å². The molecule has 0 aromatic heterocycles. The molecule has 0 bridgehead atoms. The Hall–Kier alpha value is -1.49. The standard InChI is InChI=1S/C19H32O4Si/c1-9-15-10-18(17(22-8)11-16(15)19(20)21)23-24(12(2)3,13(4)5)14(6)7/h10-14H,9H2,1-8H3,(H,20,21). The molecule has 0 fully saturated rings. The summed E-state index contributed by atoms with van der Waals surface area (Å²) in [6.07, 6.45) is 0.640. The maximum Gasteiger partial charge on any atom is 0.336 e. The molecule has 24 heavy (non-hydrogen) atoms. The average molecular weight is 353 g/mol. The van der Waals surface area contributed by atoms with E-state index in [1.54, 1.807) is 13.2 Å². The van der Waals surface area contributed by atoms with Crippen LogP contribution in [0.5, 0.6) is 11.5 Å². The number of carboxylic acid groups (broad SMARTS) is 1. The molecule has 0 radical (unpaired) electrons. The quantitative estimate of drug-likeness (QED) is 0.627. The number of hydrogen-bond acceptors (Lipinski definition) is 3. The van der Waals surface area contributed by atoms with Crippen molar-refractivity contribution in [3.63, 3.8) is 0 Å². The fourth-order valence-corrected chi connectivity index (χ4v) is 9.12. The molecule has 0 atom stereocenters. The predicted octanol–water partition coefficient (Wildman–Crippen LogP) is 5.51. The molecule has 0 unspecified atom stereocenters. The Labute approximate surface area is 147 Å². The average Bonchev–Trinajstić information content (AvgIpc) is 2.50. The third-order valence-electron chi connectivity index (χ3n) is 4.99. The van der Waals surface area contributed by atoms with Crippen LogP contribution in [-0.4, -0.2) is 26.5 Å². The Morgan fingerprint density at radius 1 is 1.04 bits per heavy atom. The Kier molecular flexibility index (Phi) is 6.90. The van der Waals surface area contributed by atoms with Crippen LogP contribution in [0.25, 0.3) is 0 Å². The molecule has 4 nitrogen and oxygen atoms in total. The third-order valence-corrected chi connectivity index (χ3v) is 11.0. The zero-order chi connectivity index (χ0) is 18.7. The lowest BCUT2D eigenvalue weighted by molar-refractivity contribution is 0.0695. The number of ether oxygens (including phenoxy) is 1. The number of hydrogen-bond donors (Lipinski definition) is 1. The molecular weight excluding hydrogens is 320 g/mol. The number of benzene rings is 1. The van der Waals surface area contributed by atoms with Crippen LogP contribution < -0.4 is 9.16 Å². The van der Waals surface area contributed by atoms with E-state index in [9.17, 15) is 9.90 Å². The maximum absolute atomic E-state index is 11.5. The van der Waals surface area contributed by atoms with Gasteiger partial charge in [0, 0.05) is 0 Å². The van der Waals surface area contributed by atoms with Crippen molar-refractivity contribution in [3.8, 4) is 11.5 Å². The largest absolute Gasteiger partial charge is 0.540 e. The van der Waals surface area contributed by atoms with Crippen molar-refractivity contribution in [1.82, 2.24) is 0 Å². The Morgan fingerprint density at radius 3 is 1.88 bits per heavy atom. The van der Waals surface area contributed by atoms with Gasteiger partial charge in [0.15, 0.2) is 5.75 Å². The SMILES string of the molecule is CCc1cc(O[Si](C(C)C)(C(C)C)C(C)C)c(OC)cc1C(=O)O. The summed E-state index contributed by atoms with van der Waals surface area (Å²) >= 11 is 0. The van der Waals surface area contributed by atoms with Crippen molar-refractivity contribution in [2.24, 2.45) is 0 Å². The summed E-state index contributed by atoms with van der Waals surface area (Å²) in [6, 6.07) is 3.45. The van der Waals surface area contributed by atoms with Gasteiger partial charge in [0.1, 0.15) is 5.75 Å². The first-order valence-corrected chi connectivity index (χ1v) is 10.9. The van der Waals surface area contributed by atoms with Crippen molar-refractivity contribution in [1.29, 1.82) is 0 Å². The highest BCUT2D eigenvalue weighted by Gasteiger charge is 2.47. The normalized spacial score (nSPS) is 12.1. The molecule has 0 aliphatic rings. The van der Waals surface area contributed by atoms with Crippen molar-refractivity contribution in [3.05, 3.63) is 23.3 Å². The lowest BCUT2D eigenvalue weighted by atomic mass is 10.0. The van der Waals surface area contributed by atoms with Crippen LogP contribution in [0.3, 0.4) is 0 Å². The summed E-state index contributed by atoms with van der Waals surface area (Å²) in [5.74, 6) is 0.252. The lowest BCUT2D eigenvalue weighted by Gasteiger charge is -2.42. The fraction of sp³-hybridized carbons (Fsp3) is 0.632. The smallest absolute Gasteiger partial charge is 0.336 e. The molecule has 1 rings (SSSR count). The lowest BCUT2D eigenvalue weighted by Crippen LogP contribution is -2.50. The predicted molar refractivity (Wildman–Crippen MR) is 101 cm³/mol. The van der Waals surface area contributed by atoms with E-state index in [1.807, 2.05) is 13.0 Å². The molecule has 5 heteroatoms. The molecular formula is C19H32O4Si. The van der Waals surface area contributed by atoms with Gasteiger partial charge in [-0.3, -0.25) is 0 Å². The van der Waals surface area contributed by atoms with Crippen LogP contribution >= 0.6 is 0 Å². The monoisotopic (exact) mass is 352 g/mol. The first-order chi connectivity index (χ1) is 11.1. The molecule has 0 saturated heterocycles. The van der Waals surface area contributed by atoms with Crippen LogP contribution in [0.2, 0.25) is 16.6 Å². The van der Waals surface area contributed by atoms with Gasteiger partial charge in [-0.2, -0.15) is 0 Å². The molecule has 136 valence electrons. The van der Waals surface area contributed by atoms with Crippen LogP contribution in [0.4, 0.5) is 0 Å². The third kappa shape index (κ3) is 3.77. The summed E-state index contributed by atoms with van der Waals surface area (Å²) in [5, 5.41) is 9.42. The molecule has 0 saturated carbocycles. The number of carboxylic acids is 1. The number of aryl methyl sites for hydroxylation is 1. The molecule has 0 spiro atoms. The summed E-state index contributed by atoms with van der Waals surface area (Å²) in [7, 11) is -0.565. The maximum atomic E-state index is 11.5. The highest BCUT2D eigenvalue weighted by Crippen LogP contribution is 2.45. The first kappa shape index (κ1) is 20.6. The van der Waals surface area contributed by atoms with Gasteiger partial charge in [0.2, 0.25) is 0 Å². The van der Waals surface area contributed by atoms with E-state index in [0.717, 1.165) is 5.56 Å². The second kappa shape index (κ2) is 8.06. The Balaban J connectivity index is 3.51. The van der Waals surface area contributed by atoms with E-state index in [4.69, 9.17) is 9.16 Å². The highest BCUT2D eigenvalue weighted by molar-refractivity contribution is 6.78. The van der Waals surface area contributed by atoms with Crippen LogP contribution in [0.1, 0.15) is 64.4 Å². The van der Waals surface area contributed by atoms with Gasteiger partial charge in [-0.25, -0.2) is 4.79 Å². The summed E-state index contributed by atoms with van der Waals surface area (Å²) in [6.45, 7) is 15.3. The molecule has 1 aromatic rings. The van der Waals surface area contributed by atoms with Gasteiger partial charge < -0.3 is 14.3 Å². The summed E-state index contributed by atoms with van der Waals surface area (Å²) in [4.78, 5) is 11.5. The molecule has 1 N–H and O–H groups in total. The van der Waals surface area contributed by atoms with E-state index in [1.165, 1.54) is 0 Å². The van der Waals surface area contributed by atoms with E-state index >= 15 is 0 Å². The zero-order valence-electron chi connectivity index (χ0n) is 16.3. The topological polar surface area (TPSA) is 55.8 Å². The van der Waals surface area contributed by atoms with E-state index in [-0.39, 0.29) is 5.56 Å². The zero-order valence-corrected chi connectivity index (χ0v) is 17.3. The first-order valence-electron chi connectivity index (χ1n) is 8.74. The summed E-state index contributed by atoms with van der Waals surface area (Å²) in [5.41, 5.74) is 2.37. The van der Waals surface area contributed by atoms with E-state index in [2.05, 4.69) is 41.5 Å². The second-order valence-electron chi connectivity index (χ2n) is 7.24. The minimum absolute atomic E-state index is 0.285. The summed E-state index contributed by atoms with van der Waals surface area (Å²) < 4.78 is 12.2. The molecule has 1 aromatic carbocycles. The van der Waals surface area contributed by atoms with Crippen molar-refractivity contribution in [2.45, 2.75) is 71.5 Å². The van der Waals surface area contributed by atoms with Gasteiger partial charge in [-0.15, -0.1) is 0 Å². The molecule has 0 aliphatic heterocycles. The molecule has 0 heterocycles. The van der Waals surface area contributed by atoms with Gasteiger partial charge in [0.25, 0.3) is 8.32 Å². The van der Waals surface area contributed by atoms with Crippen molar-refractivity contribution in [2.75, 3.05) is 7.11 Å². The minimum atomic E-state index is -2.12. The Bertz CT molecular complexity index is 557. The van der Waals surface area contributed by atoms with E-state index < -0.39 is 14.3 Å². The molecule has 0 aliphatic carbocycles. The van der Waals surface area contributed by atoms with Crippen LogP contribution in [0.15, 0.2) is 12.1 Å². The Morgan fingerprint density at radius 2 is 1.54 bits per heavy atom. The highest BCUT2D eigenvalue weighted by atomic mass is 28.4. The minimum Gasteiger partial charge on any atom is -0.540 e. The van der Waals surface area contributed by atoms with Gasteiger partial charge in [-0.1, -0.05) is 48.5 Å². The van der Waals surface area contributed by atoms with Crippen LogP contribution in [-0.2, 0) is 6.42 Å². The van der Waals surface area contributed by atoms with Gasteiger partial charge >= 0.3 is 5.97 Å². The van der Waals surface area contributed by atoms with Gasteiger partial charge in [-0.05, 0) is 40.7 Å². The number of methoxy groups -OCH3 is 1. The second-order valence-corrected chi connectivity index (χ2v) is 12.6. The number of carbonyl (C=O) groups is 1. The number of rotatable bonds is 8. The number of aromatic carboxylic acids is 1.